The van der Waals surface area contributed by atoms with Gasteiger partial charge in [0.2, 0.25) is 0 Å². The lowest BCUT2D eigenvalue weighted by atomic mass is 9.77. The Morgan fingerprint density at radius 2 is 2.31 bits per heavy atom. The molecule has 2 aromatic heterocycles. The van der Waals surface area contributed by atoms with Crippen molar-refractivity contribution in [1.29, 1.82) is 5.26 Å². The zero-order chi connectivity index (χ0) is 18.1. The van der Waals surface area contributed by atoms with Crippen molar-refractivity contribution in [3.8, 4) is 6.07 Å². The van der Waals surface area contributed by atoms with Crippen LogP contribution in [0.15, 0.2) is 35.3 Å². The lowest BCUT2D eigenvalue weighted by molar-refractivity contribution is 0.0910. The number of nitriles is 1. The molecular weight excluding hydrogens is 354 g/mol. The summed E-state index contributed by atoms with van der Waals surface area (Å²) in [4.78, 5) is 16.5. The second kappa shape index (κ2) is 7.08. The minimum Gasteiger partial charge on any atom is -0.472 e. The summed E-state index contributed by atoms with van der Waals surface area (Å²) in [5.74, 6) is 0.0998. The van der Waals surface area contributed by atoms with Gasteiger partial charge in [-0.25, -0.2) is 10.4 Å². The van der Waals surface area contributed by atoms with E-state index >= 15 is 0 Å². The van der Waals surface area contributed by atoms with Gasteiger partial charge in [-0.3, -0.25) is 10.2 Å². The Bertz CT molecular complexity index is 848. The van der Waals surface area contributed by atoms with Crippen LogP contribution in [0, 0.1) is 17.2 Å². The molecule has 3 N–H and O–H groups in total. The molecule has 1 aliphatic heterocycles. The molecule has 1 aliphatic carbocycles. The Labute approximate surface area is 155 Å². The maximum atomic E-state index is 12.5. The molecule has 0 aromatic carbocycles. The van der Waals surface area contributed by atoms with Gasteiger partial charge in [0, 0.05) is 23.8 Å². The second-order valence-electron chi connectivity index (χ2n) is 6.74. The van der Waals surface area contributed by atoms with Crippen molar-refractivity contribution < 1.29 is 9.21 Å². The maximum absolute atomic E-state index is 12.5. The molecule has 134 valence electrons. The number of hydrazine groups is 1. The third-order valence-electron chi connectivity index (χ3n) is 5.20. The minimum atomic E-state index is -0.265. The number of hydrogen-bond donors (Lipinski definition) is 3. The maximum Gasteiger partial charge on any atom is 0.270 e. The van der Waals surface area contributed by atoms with Gasteiger partial charge in [-0.15, -0.1) is 0 Å². The summed E-state index contributed by atoms with van der Waals surface area (Å²) in [6, 6.07) is 5.96. The van der Waals surface area contributed by atoms with Crippen LogP contribution in [-0.4, -0.2) is 23.0 Å². The van der Waals surface area contributed by atoms with E-state index < -0.39 is 0 Å². The number of nitrogens with zero attached hydrogens (tertiary/aromatic N) is 2. The van der Waals surface area contributed by atoms with Gasteiger partial charge in [0.15, 0.2) is 0 Å². The van der Waals surface area contributed by atoms with Crippen molar-refractivity contribution in [2.75, 3.05) is 0 Å². The van der Waals surface area contributed by atoms with E-state index in [1.54, 1.807) is 12.5 Å². The lowest BCUT2D eigenvalue weighted by Gasteiger charge is -2.33. The fourth-order valence-electron chi connectivity index (χ4n) is 3.87. The second-order valence-corrected chi connectivity index (χ2v) is 7.15. The molecule has 26 heavy (non-hydrogen) atoms. The van der Waals surface area contributed by atoms with Crippen molar-refractivity contribution in [2.45, 2.75) is 37.4 Å². The van der Waals surface area contributed by atoms with Gasteiger partial charge in [-0.2, -0.15) is 5.26 Å². The number of halogens is 1. The normalized spacial score (nSPS) is 27.5. The highest BCUT2D eigenvalue weighted by atomic mass is 35.5. The molecule has 8 heteroatoms. The SMILES string of the molecule is N#Cc1cnc(C(=O)NC2CCC3NNC(c4ccoc4)C3C2)cc1Cl. The summed E-state index contributed by atoms with van der Waals surface area (Å²) < 4.78 is 5.20. The quantitative estimate of drug-likeness (QED) is 0.765. The highest BCUT2D eigenvalue weighted by Gasteiger charge is 2.41. The Kier molecular flexibility index (Phi) is 4.64. The molecule has 3 heterocycles. The smallest absolute Gasteiger partial charge is 0.270 e. The van der Waals surface area contributed by atoms with Crippen LogP contribution >= 0.6 is 11.6 Å². The van der Waals surface area contributed by atoms with Crippen LogP contribution in [0.4, 0.5) is 0 Å². The third-order valence-corrected chi connectivity index (χ3v) is 5.51. The lowest BCUT2D eigenvalue weighted by Crippen LogP contribution is -2.44. The highest BCUT2D eigenvalue weighted by Crippen LogP contribution is 2.38. The number of aromatic nitrogens is 1. The van der Waals surface area contributed by atoms with E-state index in [0.717, 1.165) is 24.8 Å². The Balaban J connectivity index is 1.43. The van der Waals surface area contributed by atoms with Crippen LogP contribution in [0.5, 0.6) is 0 Å². The summed E-state index contributed by atoms with van der Waals surface area (Å²) in [7, 11) is 0. The predicted octanol–water partition coefficient (Wildman–Crippen LogP) is 2.32. The number of carbonyl (C=O) groups excluding carboxylic acids is 1. The van der Waals surface area contributed by atoms with Crippen molar-refractivity contribution >= 4 is 17.5 Å². The minimum absolute atomic E-state index is 0.0658. The van der Waals surface area contributed by atoms with E-state index in [1.165, 1.54) is 12.3 Å². The Hall–Kier alpha value is -2.40. The number of pyridine rings is 1. The average molecular weight is 372 g/mol. The van der Waals surface area contributed by atoms with E-state index in [0.29, 0.717) is 12.0 Å². The molecule has 4 atom stereocenters. The highest BCUT2D eigenvalue weighted by molar-refractivity contribution is 6.32. The van der Waals surface area contributed by atoms with Gasteiger partial charge in [0.05, 0.1) is 29.2 Å². The summed E-state index contributed by atoms with van der Waals surface area (Å²) in [5, 5.41) is 12.2. The molecule has 1 saturated carbocycles. The van der Waals surface area contributed by atoms with E-state index in [-0.39, 0.29) is 34.3 Å². The molecule has 4 rings (SSSR count). The predicted molar refractivity (Wildman–Crippen MR) is 94.1 cm³/mol. The largest absolute Gasteiger partial charge is 0.472 e. The first-order valence-corrected chi connectivity index (χ1v) is 8.93. The third kappa shape index (κ3) is 3.19. The summed E-state index contributed by atoms with van der Waals surface area (Å²) in [6.45, 7) is 0. The summed E-state index contributed by atoms with van der Waals surface area (Å²) in [6.07, 6.45) is 7.48. The first kappa shape index (κ1) is 17.0. The van der Waals surface area contributed by atoms with Crippen LogP contribution < -0.4 is 16.2 Å². The average Bonchev–Trinajstić information content (AvgIpc) is 3.30. The summed E-state index contributed by atoms with van der Waals surface area (Å²) >= 11 is 6.00. The first-order valence-electron chi connectivity index (χ1n) is 8.55. The first-order chi connectivity index (χ1) is 12.7. The fourth-order valence-corrected chi connectivity index (χ4v) is 4.06. The van der Waals surface area contributed by atoms with Crippen molar-refractivity contribution in [3.63, 3.8) is 0 Å². The molecule has 2 fully saturated rings. The number of hydrogen-bond acceptors (Lipinski definition) is 6. The molecule has 1 amide bonds. The van der Waals surface area contributed by atoms with Gasteiger partial charge in [0.1, 0.15) is 11.8 Å². The standard InChI is InChI=1S/C18H18ClN5O2/c19-14-6-16(21-8-11(14)7-20)18(25)22-12-1-2-15-13(5-12)17(24-23-15)10-3-4-26-9-10/h3-4,6,8-9,12-13,15,17,23-24H,1-2,5H2,(H,22,25). The molecular formula is C18H18ClN5O2. The van der Waals surface area contributed by atoms with Crippen LogP contribution in [0.3, 0.4) is 0 Å². The molecule has 0 spiro atoms. The number of carbonyl (C=O) groups is 1. The van der Waals surface area contributed by atoms with Gasteiger partial charge >= 0.3 is 0 Å². The number of furan rings is 1. The molecule has 0 radical (unpaired) electrons. The molecule has 7 nitrogen and oxygen atoms in total. The van der Waals surface area contributed by atoms with Crippen molar-refractivity contribution in [3.05, 3.63) is 52.7 Å². The van der Waals surface area contributed by atoms with Crippen LogP contribution in [0.25, 0.3) is 0 Å². The van der Waals surface area contributed by atoms with Crippen LogP contribution in [-0.2, 0) is 0 Å². The monoisotopic (exact) mass is 371 g/mol. The molecule has 2 aliphatic rings. The van der Waals surface area contributed by atoms with Crippen LogP contribution in [0.1, 0.15) is 46.9 Å². The van der Waals surface area contributed by atoms with E-state index in [2.05, 4.69) is 21.2 Å². The topological polar surface area (TPSA) is 103 Å². The molecule has 1 saturated heterocycles. The van der Waals surface area contributed by atoms with Crippen LogP contribution in [0.2, 0.25) is 5.02 Å². The van der Waals surface area contributed by atoms with E-state index in [1.807, 2.05) is 12.1 Å². The zero-order valence-electron chi connectivity index (χ0n) is 13.9. The van der Waals surface area contributed by atoms with E-state index in [9.17, 15) is 4.79 Å². The van der Waals surface area contributed by atoms with E-state index in [4.69, 9.17) is 21.3 Å². The Morgan fingerprint density at radius 1 is 1.42 bits per heavy atom. The fraction of sp³-hybridized carbons (Fsp3) is 0.389. The summed E-state index contributed by atoms with van der Waals surface area (Å²) in [5.41, 5.74) is 8.30. The van der Waals surface area contributed by atoms with Crippen molar-refractivity contribution in [2.24, 2.45) is 5.92 Å². The molecule has 0 bridgehead atoms. The Morgan fingerprint density at radius 3 is 3.04 bits per heavy atom. The number of fused-ring (bicyclic) bond motifs is 1. The number of rotatable bonds is 3. The zero-order valence-corrected chi connectivity index (χ0v) is 14.7. The number of nitrogens with one attached hydrogen (secondary N) is 3. The van der Waals surface area contributed by atoms with Gasteiger partial charge in [-0.05, 0) is 37.3 Å². The number of amides is 1. The van der Waals surface area contributed by atoms with Gasteiger partial charge in [-0.1, -0.05) is 11.6 Å². The molecule has 2 aromatic rings. The van der Waals surface area contributed by atoms with Crippen molar-refractivity contribution in [1.82, 2.24) is 21.2 Å². The van der Waals surface area contributed by atoms with Gasteiger partial charge in [0.25, 0.3) is 5.91 Å². The van der Waals surface area contributed by atoms with Gasteiger partial charge < -0.3 is 9.73 Å². The molecule has 4 unspecified atom stereocenters.